The molecular formula is C69H46N2. The highest BCUT2D eigenvalue weighted by atomic mass is 15.1. The lowest BCUT2D eigenvalue weighted by Crippen LogP contribution is -2.26. The number of hydrogen-bond donors (Lipinski definition) is 0. The lowest BCUT2D eigenvalue weighted by molar-refractivity contribution is 0.809. The highest BCUT2D eigenvalue weighted by Gasteiger charge is 2.53. The van der Waals surface area contributed by atoms with Crippen LogP contribution in [0.15, 0.2) is 279 Å². The molecule has 332 valence electrons. The van der Waals surface area contributed by atoms with Crippen molar-refractivity contribution in [2.24, 2.45) is 0 Å². The van der Waals surface area contributed by atoms with Crippen LogP contribution in [0.5, 0.6) is 0 Å². The molecule has 0 atom stereocenters. The van der Waals surface area contributed by atoms with Gasteiger partial charge in [-0.3, -0.25) is 0 Å². The van der Waals surface area contributed by atoms with E-state index < -0.39 is 5.41 Å². The van der Waals surface area contributed by atoms with Crippen LogP contribution in [0.4, 0.5) is 34.1 Å². The van der Waals surface area contributed by atoms with Crippen LogP contribution >= 0.6 is 0 Å². The van der Waals surface area contributed by atoms with Crippen LogP contribution in [0.3, 0.4) is 0 Å². The molecule has 12 aromatic rings. The molecule has 2 nitrogen and oxygen atoms in total. The van der Waals surface area contributed by atoms with E-state index in [0.29, 0.717) is 0 Å². The largest absolute Gasteiger partial charge is 0.310 e. The van der Waals surface area contributed by atoms with Gasteiger partial charge in [0.1, 0.15) is 0 Å². The summed E-state index contributed by atoms with van der Waals surface area (Å²) in [6.45, 7) is 0. The molecule has 0 amide bonds. The first-order valence-corrected chi connectivity index (χ1v) is 24.6. The SMILES string of the molecule is c1ccc(-c2ccc(N(c3ccccc3)c3ccc4c5c(ccc4c3)-c3ccc4cc(N(c6ccccc6)c6ccc(-c7ccccc7)cc6)ccc4c3C53c4ccccc4-c4ccccc43)cc2)cc1. The van der Waals surface area contributed by atoms with Crippen LogP contribution < -0.4 is 9.80 Å². The Morgan fingerprint density at radius 1 is 0.225 bits per heavy atom. The zero-order valence-electron chi connectivity index (χ0n) is 39.0. The van der Waals surface area contributed by atoms with Crippen molar-refractivity contribution in [2.75, 3.05) is 9.80 Å². The molecule has 14 rings (SSSR count). The standard InChI is InChI=1S/C69H46N2/c1-5-17-47(18-6-1)49-29-35-55(36-30-49)70(53-21-9-3-10-22-53)57-39-43-59-51(45-57)33-41-63-64-42-34-52-46-58(71(54-23-11-4-12-24-54)56-37-31-50(32-38-56)48-19-7-2-8-20-48)40-44-60(52)68(64)69(67(59)63)65-27-15-13-25-61(65)62-26-14-16-28-66(62)69/h1-46H. The predicted octanol–water partition coefficient (Wildman–Crippen LogP) is 18.6. The fourth-order valence-electron chi connectivity index (χ4n) is 12.0. The Bertz CT molecular complexity index is 3700. The van der Waals surface area contributed by atoms with Gasteiger partial charge in [-0.2, -0.15) is 0 Å². The van der Waals surface area contributed by atoms with E-state index in [0.717, 1.165) is 34.1 Å². The van der Waals surface area contributed by atoms with Gasteiger partial charge in [-0.25, -0.2) is 0 Å². The Hall–Kier alpha value is -9.24. The molecule has 0 radical (unpaired) electrons. The normalized spacial score (nSPS) is 12.6. The van der Waals surface area contributed by atoms with Crippen molar-refractivity contribution in [1.29, 1.82) is 0 Å². The van der Waals surface area contributed by atoms with Crippen molar-refractivity contribution in [2.45, 2.75) is 5.41 Å². The van der Waals surface area contributed by atoms with E-state index in [-0.39, 0.29) is 0 Å². The second-order valence-electron chi connectivity index (χ2n) is 18.8. The minimum atomic E-state index is -0.557. The molecular weight excluding hydrogens is 857 g/mol. The average molecular weight is 903 g/mol. The summed E-state index contributed by atoms with van der Waals surface area (Å²) in [5.74, 6) is 0. The highest BCUT2D eigenvalue weighted by molar-refractivity contribution is 6.10. The number of anilines is 6. The van der Waals surface area contributed by atoms with Crippen molar-refractivity contribution in [3.63, 3.8) is 0 Å². The molecule has 0 fully saturated rings. The van der Waals surface area contributed by atoms with Crippen LogP contribution in [-0.4, -0.2) is 0 Å². The molecule has 0 bridgehead atoms. The molecule has 0 N–H and O–H groups in total. The molecule has 0 saturated carbocycles. The molecule has 12 aromatic carbocycles. The maximum atomic E-state index is 2.40. The lowest BCUT2D eigenvalue weighted by atomic mass is 9.68. The van der Waals surface area contributed by atoms with Gasteiger partial charge in [-0.15, -0.1) is 0 Å². The van der Waals surface area contributed by atoms with Crippen LogP contribution in [0.25, 0.3) is 66.1 Å². The van der Waals surface area contributed by atoms with Crippen LogP contribution in [-0.2, 0) is 5.41 Å². The third-order valence-electron chi connectivity index (χ3n) is 15.0. The molecule has 71 heavy (non-hydrogen) atoms. The van der Waals surface area contributed by atoms with E-state index >= 15 is 0 Å². The number of nitrogens with zero attached hydrogens (tertiary/aromatic N) is 2. The fourth-order valence-corrected chi connectivity index (χ4v) is 12.0. The summed E-state index contributed by atoms with van der Waals surface area (Å²) in [6, 6.07) is 103. The minimum Gasteiger partial charge on any atom is -0.310 e. The molecule has 2 aliphatic carbocycles. The summed E-state index contributed by atoms with van der Waals surface area (Å²) in [5.41, 5.74) is 21.5. The molecule has 0 heterocycles. The van der Waals surface area contributed by atoms with Crippen molar-refractivity contribution < 1.29 is 0 Å². The number of benzene rings is 12. The van der Waals surface area contributed by atoms with E-state index in [1.165, 1.54) is 88.3 Å². The second-order valence-corrected chi connectivity index (χ2v) is 18.8. The van der Waals surface area contributed by atoms with E-state index in [2.05, 4.69) is 289 Å². The molecule has 2 aliphatic rings. The third-order valence-corrected chi connectivity index (χ3v) is 15.0. The number of para-hydroxylation sites is 2. The van der Waals surface area contributed by atoms with Gasteiger partial charge >= 0.3 is 0 Å². The van der Waals surface area contributed by atoms with E-state index in [4.69, 9.17) is 0 Å². The van der Waals surface area contributed by atoms with Gasteiger partial charge in [-0.05, 0) is 161 Å². The topological polar surface area (TPSA) is 6.48 Å². The Morgan fingerprint density at radius 3 is 0.958 bits per heavy atom. The summed E-state index contributed by atoms with van der Waals surface area (Å²) in [5, 5.41) is 4.95. The molecule has 2 heteroatoms. The number of fused-ring (bicyclic) bond motifs is 14. The van der Waals surface area contributed by atoms with Gasteiger partial charge < -0.3 is 9.80 Å². The summed E-state index contributed by atoms with van der Waals surface area (Å²) in [7, 11) is 0. The zero-order chi connectivity index (χ0) is 46.9. The summed E-state index contributed by atoms with van der Waals surface area (Å²) in [4.78, 5) is 4.77. The quantitative estimate of drug-likeness (QED) is 0.150. The average Bonchev–Trinajstić information content (AvgIpc) is 3.93. The molecule has 0 aromatic heterocycles. The smallest absolute Gasteiger partial charge is 0.0737 e. The summed E-state index contributed by atoms with van der Waals surface area (Å²) < 4.78 is 0. The number of hydrogen-bond acceptors (Lipinski definition) is 2. The van der Waals surface area contributed by atoms with Gasteiger partial charge in [0.05, 0.1) is 5.41 Å². The number of rotatable bonds is 8. The third kappa shape index (κ3) is 6.42. The maximum absolute atomic E-state index is 2.40. The van der Waals surface area contributed by atoms with E-state index in [1.807, 2.05) is 0 Å². The fraction of sp³-hybridized carbons (Fsp3) is 0.0145. The first kappa shape index (κ1) is 40.8. The van der Waals surface area contributed by atoms with Crippen LogP contribution in [0.2, 0.25) is 0 Å². The molecule has 0 unspecified atom stereocenters. The molecule has 0 aliphatic heterocycles. The first-order chi connectivity index (χ1) is 35.2. The van der Waals surface area contributed by atoms with Crippen molar-refractivity contribution in [1.82, 2.24) is 0 Å². The zero-order valence-corrected chi connectivity index (χ0v) is 39.0. The molecule has 0 saturated heterocycles. The van der Waals surface area contributed by atoms with Crippen molar-refractivity contribution in [3.05, 3.63) is 301 Å². The lowest BCUT2D eigenvalue weighted by Gasteiger charge is -2.33. The Balaban J connectivity index is 0.953. The molecule has 1 spiro atoms. The Morgan fingerprint density at radius 2 is 0.549 bits per heavy atom. The first-order valence-electron chi connectivity index (χ1n) is 24.6. The van der Waals surface area contributed by atoms with Crippen LogP contribution in [0.1, 0.15) is 22.3 Å². The van der Waals surface area contributed by atoms with Crippen molar-refractivity contribution >= 4 is 55.7 Å². The van der Waals surface area contributed by atoms with Gasteiger partial charge in [0.25, 0.3) is 0 Å². The van der Waals surface area contributed by atoms with Gasteiger partial charge in [0.15, 0.2) is 0 Å². The minimum absolute atomic E-state index is 0.557. The van der Waals surface area contributed by atoms with Gasteiger partial charge in [0.2, 0.25) is 0 Å². The van der Waals surface area contributed by atoms with E-state index in [9.17, 15) is 0 Å². The highest BCUT2D eigenvalue weighted by Crippen LogP contribution is 2.65. The van der Waals surface area contributed by atoms with Crippen molar-refractivity contribution in [3.8, 4) is 44.5 Å². The van der Waals surface area contributed by atoms with Gasteiger partial charge in [0, 0.05) is 34.1 Å². The monoisotopic (exact) mass is 902 g/mol. The van der Waals surface area contributed by atoms with Crippen LogP contribution in [0, 0.1) is 0 Å². The predicted molar refractivity (Wildman–Crippen MR) is 298 cm³/mol. The summed E-state index contributed by atoms with van der Waals surface area (Å²) in [6.07, 6.45) is 0. The van der Waals surface area contributed by atoms with Gasteiger partial charge in [-0.1, -0.05) is 206 Å². The summed E-state index contributed by atoms with van der Waals surface area (Å²) >= 11 is 0. The second kappa shape index (κ2) is 16.5. The van der Waals surface area contributed by atoms with E-state index in [1.54, 1.807) is 0 Å². The Kier molecular flexibility index (Phi) is 9.47. The maximum Gasteiger partial charge on any atom is 0.0737 e. The Labute approximate surface area is 414 Å².